The van der Waals surface area contributed by atoms with Gasteiger partial charge in [-0.15, -0.1) is 0 Å². The summed E-state index contributed by atoms with van der Waals surface area (Å²) in [5, 5.41) is 1.50. The molecule has 0 amide bonds. The third-order valence-electron chi connectivity index (χ3n) is 6.51. The predicted octanol–water partition coefficient (Wildman–Crippen LogP) is 6.06. The summed E-state index contributed by atoms with van der Waals surface area (Å²) in [4.78, 5) is 4.25. The van der Waals surface area contributed by atoms with E-state index in [1.54, 1.807) is 24.3 Å². The molecular formula is C22H19F3N2. The van der Waals surface area contributed by atoms with Gasteiger partial charge in [-0.1, -0.05) is 50.2 Å². The van der Waals surface area contributed by atoms with Gasteiger partial charge >= 0.3 is 6.18 Å². The van der Waals surface area contributed by atoms with Crippen LogP contribution in [0.5, 0.6) is 0 Å². The number of rotatable bonds is 0. The first-order valence-electron chi connectivity index (χ1n) is 10.7. The smallest absolute Gasteiger partial charge is 0.295 e. The van der Waals surface area contributed by atoms with Crippen molar-refractivity contribution >= 4 is 27.3 Å². The van der Waals surface area contributed by atoms with Crippen molar-refractivity contribution < 1.29 is 18.7 Å². The van der Waals surface area contributed by atoms with Gasteiger partial charge in [0.25, 0.3) is 0 Å². The molecule has 27 heavy (non-hydrogen) atoms. The fraction of sp³-hybridized carbons (Fsp3) is 0.318. The monoisotopic (exact) mass is 372 g/mol. The highest BCUT2D eigenvalue weighted by atomic mass is 19.4. The van der Waals surface area contributed by atoms with Gasteiger partial charge in [0.15, 0.2) is 0 Å². The number of fused-ring (bicyclic) bond motifs is 3. The third-order valence-corrected chi connectivity index (χ3v) is 6.51. The summed E-state index contributed by atoms with van der Waals surface area (Å²) in [6, 6.07) is 9.86. The first-order chi connectivity index (χ1) is 14.2. The number of hydrogen-bond acceptors (Lipinski definition) is 1. The number of hydrogen-bond donors (Lipinski definition) is 0. The van der Waals surface area contributed by atoms with E-state index in [4.69, 9.17) is 5.48 Å². The molecule has 1 aliphatic rings. The zero-order valence-electron chi connectivity index (χ0n) is 19.0. The SMILES string of the molecule is [2H]c1nc2c3ccccc3c3c(C([2H])([2H])[2H])ccc4c3n2c1C(C)(C(F)(F)F)C4(C)C. The summed E-state index contributed by atoms with van der Waals surface area (Å²) in [5.74, 6) is 0. The fourth-order valence-electron chi connectivity index (χ4n) is 4.60. The summed E-state index contributed by atoms with van der Waals surface area (Å²) in [7, 11) is 0. The molecule has 4 aromatic rings. The van der Waals surface area contributed by atoms with Crippen LogP contribution in [0.1, 0.15) is 43.1 Å². The minimum atomic E-state index is -4.67. The number of alkyl halides is 3. The van der Waals surface area contributed by atoms with Gasteiger partial charge in [-0.05, 0) is 30.3 Å². The van der Waals surface area contributed by atoms with Crippen molar-refractivity contribution in [1.82, 2.24) is 9.38 Å². The Morgan fingerprint density at radius 3 is 2.44 bits per heavy atom. The van der Waals surface area contributed by atoms with E-state index in [9.17, 15) is 13.2 Å². The quantitative estimate of drug-likeness (QED) is 0.343. The van der Waals surface area contributed by atoms with E-state index in [0.29, 0.717) is 27.2 Å². The molecule has 5 rings (SSSR count). The summed E-state index contributed by atoms with van der Waals surface area (Å²) >= 11 is 0. The molecule has 1 atom stereocenters. The topological polar surface area (TPSA) is 17.3 Å². The zero-order chi connectivity index (χ0) is 22.7. The maximum atomic E-state index is 14.7. The largest absolute Gasteiger partial charge is 0.400 e. The van der Waals surface area contributed by atoms with Crippen LogP contribution in [0.2, 0.25) is 0 Å². The molecule has 0 fully saturated rings. The Balaban J connectivity index is 2.20. The van der Waals surface area contributed by atoms with Gasteiger partial charge in [0.1, 0.15) is 11.1 Å². The van der Waals surface area contributed by atoms with E-state index < -0.39 is 30.0 Å². The molecule has 3 heterocycles. The van der Waals surface area contributed by atoms with Gasteiger partial charge in [-0.3, -0.25) is 4.40 Å². The summed E-state index contributed by atoms with van der Waals surface area (Å²) in [6.07, 6.45) is -5.11. The highest BCUT2D eigenvalue weighted by Crippen LogP contribution is 2.58. The van der Waals surface area contributed by atoms with Crippen molar-refractivity contribution in [2.45, 2.75) is 44.6 Å². The second-order valence-corrected chi connectivity index (χ2v) is 7.91. The van der Waals surface area contributed by atoms with Crippen molar-refractivity contribution in [3.63, 3.8) is 0 Å². The number of nitrogens with zero attached hydrogens (tertiary/aromatic N) is 2. The maximum absolute atomic E-state index is 14.7. The van der Waals surface area contributed by atoms with Crippen molar-refractivity contribution in [2.75, 3.05) is 0 Å². The van der Waals surface area contributed by atoms with Crippen LogP contribution in [0.25, 0.3) is 27.3 Å². The molecule has 0 aliphatic carbocycles. The number of aryl methyl sites for hydroxylation is 1. The first-order valence-corrected chi connectivity index (χ1v) is 8.67. The minimum Gasteiger partial charge on any atom is -0.295 e. The Bertz CT molecular complexity index is 1420. The van der Waals surface area contributed by atoms with Crippen LogP contribution in [0.4, 0.5) is 13.2 Å². The minimum absolute atomic E-state index is 0.0712. The van der Waals surface area contributed by atoms with E-state index in [1.165, 1.54) is 30.4 Å². The third kappa shape index (κ3) is 1.67. The van der Waals surface area contributed by atoms with Gasteiger partial charge in [0.05, 0.1) is 18.8 Å². The molecule has 0 saturated heterocycles. The number of pyridine rings is 1. The summed E-state index contributed by atoms with van der Waals surface area (Å²) < 4.78 is 77.9. The lowest BCUT2D eigenvalue weighted by Crippen LogP contribution is -2.55. The lowest BCUT2D eigenvalue weighted by atomic mass is 9.59. The van der Waals surface area contributed by atoms with E-state index in [1.807, 2.05) is 0 Å². The highest BCUT2D eigenvalue weighted by molar-refractivity contribution is 6.14. The second kappa shape index (κ2) is 4.64. The molecule has 0 radical (unpaired) electrons. The Morgan fingerprint density at radius 1 is 1.07 bits per heavy atom. The maximum Gasteiger partial charge on any atom is 0.400 e. The van der Waals surface area contributed by atoms with Crippen LogP contribution in [0.3, 0.4) is 0 Å². The molecule has 5 heteroatoms. The highest BCUT2D eigenvalue weighted by Gasteiger charge is 2.64. The molecule has 2 aromatic heterocycles. The Labute approximate surface area is 160 Å². The normalized spacial score (nSPS) is 24.2. The summed E-state index contributed by atoms with van der Waals surface area (Å²) in [6.45, 7) is 1.65. The lowest BCUT2D eigenvalue weighted by molar-refractivity contribution is -0.205. The molecular weight excluding hydrogens is 349 g/mol. The van der Waals surface area contributed by atoms with Crippen molar-refractivity contribution in [3.8, 4) is 0 Å². The van der Waals surface area contributed by atoms with Crippen molar-refractivity contribution in [2.24, 2.45) is 0 Å². The van der Waals surface area contributed by atoms with E-state index in [0.717, 1.165) is 6.92 Å². The van der Waals surface area contributed by atoms with E-state index >= 15 is 0 Å². The van der Waals surface area contributed by atoms with Crippen LogP contribution < -0.4 is 0 Å². The predicted molar refractivity (Wildman–Crippen MR) is 101 cm³/mol. The number of imidazole rings is 1. The Hall–Kier alpha value is -2.56. The molecule has 1 unspecified atom stereocenters. The van der Waals surface area contributed by atoms with Gasteiger partial charge in [-0.25, -0.2) is 4.98 Å². The van der Waals surface area contributed by atoms with Gasteiger partial charge in [0.2, 0.25) is 0 Å². The van der Waals surface area contributed by atoms with Gasteiger partial charge in [0, 0.05) is 20.3 Å². The average molecular weight is 372 g/mol. The Morgan fingerprint density at radius 2 is 1.78 bits per heavy atom. The molecule has 0 bridgehead atoms. The fourth-order valence-corrected chi connectivity index (χ4v) is 4.60. The van der Waals surface area contributed by atoms with Crippen LogP contribution in [0, 0.1) is 6.85 Å². The molecule has 0 spiro atoms. The van der Waals surface area contributed by atoms with Crippen LogP contribution in [-0.4, -0.2) is 15.6 Å². The first kappa shape index (κ1) is 12.8. The molecule has 1 aliphatic heterocycles. The van der Waals surface area contributed by atoms with E-state index in [-0.39, 0.29) is 16.9 Å². The second-order valence-electron chi connectivity index (χ2n) is 7.91. The molecule has 0 saturated carbocycles. The van der Waals surface area contributed by atoms with Gasteiger partial charge in [-0.2, -0.15) is 13.2 Å². The zero-order valence-corrected chi connectivity index (χ0v) is 15.0. The van der Waals surface area contributed by atoms with Crippen LogP contribution >= 0.6 is 0 Å². The lowest BCUT2D eigenvalue weighted by Gasteiger charge is -2.48. The van der Waals surface area contributed by atoms with Crippen LogP contribution in [-0.2, 0) is 10.8 Å². The van der Waals surface area contributed by atoms with E-state index in [2.05, 4.69) is 4.98 Å². The van der Waals surface area contributed by atoms with Crippen molar-refractivity contribution in [3.05, 3.63) is 59.4 Å². The van der Waals surface area contributed by atoms with Crippen LogP contribution in [0.15, 0.2) is 42.6 Å². The van der Waals surface area contributed by atoms with Crippen molar-refractivity contribution in [1.29, 1.82) is 0 Å². The standard InChI is InChI=1S/C22H19F3N2/c1-12-9-10-15-18-17(12)13-7-5-6-8-14(13)19-26-11-16(27(18)19)21(4,20(15,2)3)22(23,24)25/h5-11H,1-4H3/i1D3,11D. The summed E-state index contributed by atoms with van der Waals surface area (Å²) in [5.41, 5.74) is -3.06. The molecule has 138 valence electrons. The molecule has 2 aromatic carbocycles. The Kier molecular flexibility index (Phi) is 2.19. The molecule has 0 N–H and O–H groups in total. The van der Waals surface area contributed by atoms with Gasteiger partial charge < -0.3 is 0 Å². The number of benzene rings is 2. The number of halogens is 3. The molecule has 2 nitrogen and oxygen atoms in total. The number of aromatic nitrogens is 2. The average Bonchev–Trinajstić information content (AvgIpc) is 3.01.